The van der Waals surface area contributed by atoms with E-state index in [0.717, 1.165) is 39.2 Å². The van der Waals surface area contributed by atoms with Gasteiger partial charge in [-0.2, -0.15) is 11.8 Å². The standard InChI is InChI=1S/C17H23BrN4OS2/c1-13-11-21-16(25-13)12-22-17(19-2)20-6-8-24-9-7-23-15-5-3-4-14(18)10-15/h3-5,10-11H,6-9,12H2,1-2H3,(H2,19,20,22). The second-order valence-corrected chi connectivity index (χ2v) is 8.60. The van der Waals surface area contributed by atoms with Crippen LogP contribution in [0.2, 0.25) is 0 Å². The molecule has 0 fully saturated rings. The Kier molecular flexibility index (Phi) is 9.14. The van der Waals surface area contributed by atoms with Crippen LogP contribution in [0.4, 0.5) is 0 Å². The number of ether oxygens (including phenoxy) is 1. The Balaban J connectivity index is 1.52. The number of hydrogen-bond donors (Lipinski definition) is 2. The molecule has 0 saturated carbocycles. The smallest absolute Gasteiger partial charge is 0.191 e. The molecule has 136 valence electrons. The molecule has 0 aliphatic heterocycles. The van der Waals surface area contributed by atoms with E-state index in [1.54, 1.807) is 18.4 Å². The summed E-state index contributed by atoms with van der Waals surface area (Å²) in [5.41, 5.74) is 0. The molecule has 1 aromatic heterocycles. The van der Waals surface area contributed by atoms with Gasteiger partial charge in [-0.15, -0.1) is 11.3 Å². The molecule has 0 atom stereocenters. The van der Waals surface area contributed by atoms with Crippen LogP contribution in [0, 0.1) is 6.92 Å². The van der Waals surface area contributed by atoms with Crippen molar-refractivity contribution in [3.8, 4) is 5.75 Å². The Hall–Kier alpha value is -1.25. The van der Waals surface area contributed by atoms with Crippen molar-refractivity contribution in [2.75, 3.05) is 31.7 Å². The number of nitrogens with one attached hydrogen (secondary N) is 2. The Bertz CT molecular complexity index is 678. The summed E-state index contributed by atoms with van der Waals surface area (Å²) in [6.07, 6.45) is 1.89. The van der Waals surface area contributed by atoms with Crippen LogP contribution in [0.25, 0.3) is 0 Å². The summed E-state index contributed by atoms with van der Waals surface area (Å²) in [4.78, 5) is 9.78. The molecule has 2 rings (SSSR count). The van der Waals surface area contributed by atoms with E-state index >= 15 is 0 Å². The highest BCUT2D eigenvalue weighted by Crippen LogP contribution is 2.17. The van der Waals surface area contributed by atoms with Gasteiger partial charge in [0.25, 0.3) is 0 Å². The molecule has 2 N–H and O–H groups in total. The fourth-order valence-corrected chi connectivity index (χ4v) is 3.74. The minimum atomic E-state index is 0.700. The number of aryl methyl sites for hydroxylation is 1. The van der Waals surface area contributed by atoms with Crippen molar-refractivity contribution < 1.29 is 4.74 Å². The molecular weight excluding hydrogens is 420 g/mol. The number of benzene rings is 1. The summed E-state index contributed by atoms with van der Waals surface area (Å²) in [5.74, 6) is 3.66. The molecule has 0 amide bonds. The number of aromatic nitrogens is 1. The number of nitrogens with zero attached hydrogens (tertiary/aromatic N) is 2. The molecule has 0 aliphatic carbocycles. The summed E-state index contributed by atoms with van der Waals surface area (Å²) >= 11 is 6.99. The first kappa shape index (κ1) is 20.1. The fraction of sp³-hybridized carbons (Fsp3) is 0.412. The third kappa shape index (κ3) is 8.11. The normalized spacial score (nSPS) is 11.4. The van der Waals surface area contributed by atoms with Gasteiger partial charge < -0.3 is 15.4 Å². The lowest BCUT2D eigenvalue weighted by Crippen LogP contribution is -2.38. The van der Waals surface area contributed by atoms with Crippen LogP contribution in [0.15, 0.2) is 39.9 Å². The number of rotatable bonds is 9. The number of guanidine groups is 1. The monoisotopic (exact) mass is 442 g/mol. The van der Waals surface area contributed by atoms with Crippen molar-refractivity contribution in [3.05, 3.63) is 44.8 Å². The van der Waals surface area contributed by atoms with E-state index in [1.807, 2.05) is 42.2 Å². The zero-order chi connectivity index (χ0) is 17.9. The maximum Gasteiger partial charge on any atom is 0.191 e. The molecule has 1 aromatic carbocycles. The number of thioether (sulfide) groups is 1. The first-order valence-corrected chi connectivity index (χ1v) is 10.8. The van der Waals surface area contributed by atoms with Gasteiger partial charge in [0.15, 0.2) is 5.96 Å². The van der Waals surface area contributed by atoms with Crippen LogP contribution < -0.4 is 15.4 Å². The highest BCUT2D eigenvalue weighted by molar-refractivity contribution is 9.10. The Labute approximate surface area is 165 Å². The van der Waals surface area contributed by atoms with Gasteiger partial charge in [0.1, 0.15) is 10.8 Å². The number of halogens is 1. The molecule has 8 heteroatoms. The van der Waals surface area contributed by atoms with Gasteiger partial charge in [-0.05, 0) is 25.1 Å². The van der Waals surface area contributed by atoms with E-state index in [9.17, 15) is 0 Å². The van der Waals surface area contributed by atoms with Crippen LogP contribution >= 0.6 is 39.0 Å². The lowest BCUT2D eigenvalue weighted by atomic mass is 10.3. The van der Waals surface area contributed by atoms with Crippen LogP contribution in [0.3, 0.4) is 0 Å². The maximum atomic E-state index is 5.71. The summed E-state index contributed by atoms with van der Waals surface area (Å²) in [6, 6.07) is 7.91. The van der Waals surface area contributed by atoms with Crippen molar-refractivity contribution in [2.45, 2.75) is 13.5 Å². The van der Waals surface area contributed by atoms with Gasteiger partial charge >= 0.3 is 0 Å². The van der Waals surface area contributed by atoms with Crippen LogP contribution in [0.1, 0.15) is 9.88 Å². The Morgan fingerprint density at radius 1 is 1.36 bits per heavy atom. The topological polar surface area (TPSA) is 58.5 Å². The fourth-order valence-electron chi connectivity index (χ4n) is 1.98. The minimum Gasteiger partial charge on any atom is -0.493 e. The highest BCUT2D eigenvalue weighted by atomic mass is 79.9. The lowest BCUT2D eigenvalue weighted by molar-refractivity contribution is 0.344. The summed E-state index contributed by atoms with van der Waals surface area (Å²) < 4.78 is 6.75. The predicted molar refractivity (Wildman–Crippen MR) is 112 cm³/mol. The van der Waals surface area contributed by atoms with Crippen LogP contribution in [-0.2, 0) is 6.54 Å². The van der Waals surface area contributed by atoms with Crippen molar-refractivity contribution in [3.63, 3.8) is 0 Å². The molecule has 0 radical (unpaired) electrons. The molecule has 1 heterocycles. The Morgan fingerprint density at radius 3 is 2.96 bits per heavy atom. The van der Waals surface area contributed by atoms with Gasteiger partial charge in [-0.3, -0.25) is 4.99 Å². The van der Waals surface area contributed by atoms with E-state index < -0.39 is 0 Å². The molecule has 0 spiro atoms. The summed E-state index contributed by atoms with van der Waals surface area (Å²) in [6.45, 7) is 4.33. The van der Waals surface area contributed by atoms with Crippen LogP contribution in [-0.4, -0.2) is 42.6 Å². The average Bonchev–Trinajstić information content (AvgIpc) is 3.02. The zero-order valence-electron chi connectivity index (χ0n) is 14.4. The van der Waals surface area contributed by atoms with E-state index in [4.69, 9.17) is 4.74 Å². The average molecular weight is 443 g/mol. The van der Waals surface area contributed by atoms with E-state index in [1.165, 1.54) is 4.88 Å². The van der Waals surface area contributed by atoms with Gasteiger partial charge in [-0.1, -0.05) is 22.0 Å². The van der Waals surface area contributed by atoms with E-state index in [0.29, 0.717) is 13.2 Å². The van der Waals surface area contributed by atoms with Gasteiger partial charge in [0.05, 0.1) is 13.2 Å². The van der Waals surface area contributed by atoms with Crippen molar-refractivity contribution >= 4 is 45.0 Å². The second-order valence-electron chi connectivity index (χ2n) is 5.14. The third-order valence-electron chi connectivity index (χ3n) is 3.13. The van der Waals surface area contributed by atoms with Crippen molar-refractivity contribution in [1.29, 1.82) is 0 Å². The zero-order valence-corrected chi connectivity index (χ0v) is 17.6. The van der Waals surface area contributed by atoms with E-state index in [2.05, 4.69) is 43.5 Å². The molecule has 25 heavy (non-hydrogen) atoms. The van der Waals surface area contributed by atoms with Gasteiger partial charge in [-0.25, -0.2) is 4.98 Å². The molecule has 5 nitrogen and oxygen atoms in total. The quantitative estimate of drug-likeness (QED) is 0.352. The number of aliphatic imine (C=N–C) groups is 1. The molecule has 0 saturated heterocycles. The summed E-state index contributed by atoms with van der Waals surface area (Å²) in [5, 5.41) is 7.66. The van der Waals surface area contributed by atoms with Gasteiger partial charge in [0, 0.05) is 40.6 Å². The Morgan fingerprint density at radius 2 is 2.24 bits per heavy atom. The second kappa shape index (κ2) is 11.4. The van der Waals surface area contributed by atoms with Crippen LogP contribution in [0.5, 0.6) is 5.75 Å². The largest absolute Gasteiger partial charge is 0.493 e. The summed E-state index contributed by atoms with van der Waals surface area (Å²) in [7, 11) is 1.78. The first-order chi connectivity index (χ1) is 12.2. The predicted octanol–water partition coefficient (Wildman–Crippen LogP) is 3.69. The molecule has 2 aromatic rings. The van der Waals surface area contributed by atoms with Gasteiger partial charge in [0.2, 0.25) is 0 Å². The molecular formula is C17H23BrN4OS2. The van der Waals surface area contributed by atoms with E-state index in [-0.39, 0.29) is 0 Å². The minimum absolute atomic E-state index is 0.700. The molecule has 0 unspecified atom stereocenters. The highest BCUT2D eigenvalue weighted by Gasteiger charge is 2.01. The number of hydrogen-bond acceptors (Lipinski definition) is 5. The van der Waals surface area contributed by atoms with Crippen molar-refractivity contribution in [1.82, 2.24) is 15.6 Å². The van der Waals surface area contributed by atoms with Crippen molar-refractivity contribution in [2.24, 2.45) is 4.99 Å². The maximum absolute atomic E-state index is 5.71. The third-order valence-corrected chi connectivity index (χ3v) is 5.49. The SMILES string of the molecule is CN=C(NCCSCCOc1cccc(Br)c1)NCc1ncc(C)s1. The number of thiazole rings is 1. The first-order valence-electron chi connectivity index (χ1n) is 7.99. The lowest BCUT2D eigenvalue weighted by Gasteiger charge is -2.11. The molecule has 0 aliphatic rings. The molecule has 0 bridgehead atoms.